The zero-order valence-electron chi connectivity index (χ0n) is 15.5. The number of nitrogens with one attached hydrogen (secondary N) is 2. The lowest BCUT2D eigenvalue weighted by atomic mass is 10.2. The maximum absolute atomic E-state index is 12.3. The lowest BCUT2D eigenvalue weighted by Gasteiger charge is -2.23. The minimum atomic E-state index is -0.817. The topological polar surface area (TPSA) is 108 Å². The summed E-state index contributed by atoms with van der Waals surface area (Å²) in [6.07, 6.45) is 4.79. The molecule has 1 aromatic rings. The summed E-state index contributed by atoms with van der Waals surface area (Å²) >= 11 is 1.44. The van der Waals surface area contributed by atoms with Crippen molar-refractivity contribution < 1.29 is 19.2 Å². The van der Waals surface area contributed by atoms with Crippen molar-refractivity contribution in [2.24, 2.45) is 0 Å². The van der Waals surface area contributed by atoms with E-state index in [4.69, 9.17) is 0 Å². The molecule has 1 aliphatic carbocycles. The Morgan fingerprint density at radius 1 is 1.26 bits per heavy atom. The Morgan fingerprint density at radius 2 is 1.93 bits per heavy atom. The highest BCUT2D eigenvalue weighted by Gasteiger charge is 2.36. The molecule has 0 spiro atoms. The Kier molecular flexibility index (Phi) is 5.88. The van der Waals surface area contributed by atoms with E-state index < -0.39 is 6.04 Å². The van der Waals surface area contributed by atoms with Crippen LogP contribution in [0.2, 0.25) is 0 Å². The minimum Gasteiger partial charge on any atom is -0.352 e. The van der Waals surface area contributed by atoms with Crippen LogP contribution in [-0.4, -0.2) is 52.1 Å². The number of carbonyl (C=O) groups is 4. The molecule has 0 aromatic carbocycles. The normalized spacial score (nSPS) is 19.1. The van der Waals surface area contributed by atoms with E-state index in [1.165, 1.54) is 11.3 Å². The molecule has 0 radical (unpaired) electrons. The zero-order chi connectivity index (χ0) is 19.6. The van der Waals surface area contributed by atoms with E-state index in [9.17, 15) is 19.2 Å². The molecule has 1 saturated heterocycles. The van der Waals surface area contributed by atoms with Crippen LogP contribution in [0, 0.1) is 0 Å². The van der Waals surface area contributed by atoms with Gasteiger partial charge in [-0.2, -0.15) is 0 Å². The van der Waals surface area contributed by atoms with Crippen LogP contribution in [0.5, 0.6) is 0 Å². The molecule has 9 heteroatoms. The number of amides is 4. The van der Waals surface area contributed by atoms with Gasteiger partial charge in [0.1, 0.15) is 10.9 Å². The van der Waals surface area contributed by atoms with E-state index in [0.29, 0.717) is 23.8 Å². The molecule has 1 saturated carbocycles. The van der Waals surface area contributed by atoms with Gasteiger partial charge in [-0.15, -0.1) is 11.3 Å². The molecule has 2 atom stereocenters. The number of hydrogen-bond donors (Lipinski definition) is 2. The predicted octanol–water partition coefficient (Wildman–Crippen LogP) is 1.18. The number of nitrogens with zero attached hydrogens (tertiary/aromatic N) is 2. The second kappa shape index (κ2) is 8.16. The van der Waals surface area contributed by atoms with E-state index in [-0.39, 0.29) is 42.5 Å². The van der Waals surface area contributed by atoms with Crippen molar-refractivity contribution in [2.45, 2.75) is 64.0 Å². The molecule has 3 rings (SSSR count). The summed E-state index contributed by atoms with van der Waals surface area (Å²) in [6, 6.07) is -1.01. The van der Waals surface area contributed by atoms with Crippen molar-refractivity contribution in [1.29, 1.82) is 0 Å². The molecule has 0 bridgehead atoms. The third-order valence-corrected chi connectivity index (χ3v) is 5.94. The number of thiazole rings is 1. The lowest BCUT2D eigenvalue weighted by Crippen LogP contribution is -2.50. The van der Waals surface area contributed by atoms with E-state index in [2.05, 4.69) is 15.6 Å². The average molecular weight is 392 g/mol. The highest BCUT2D eigenvalue weighted by Crippen LogP contribution is 2.41. The number of hydrogen-bond acceptors (Lipinski definition) is 6. The number of likely N-dealkylation sites (tertiary alicyclic amines) is 1. The van der Waals surface area contributed by atoms with Gasteiger partial charge in [-0.05, 0) is 33.1 Å². The predicted molar refractivity (Wildman–Crippen MR) is 99.2 cm³/mol. The first-order valence-electron chi connectivity index (χ1n) is 9.26. The summed E-state index contributed by atoms with van der Waals surface area (Å²) in [5.41, 5.74) is 0. The van der Waals surface area contributed by atoms with E-state index in [1.807, 2.05) is 6.92 Å². The fourth-order valence-corrected chi connectivity index (χ4v) is 3.98. The van der Waals surface area contributed by atoms with Crippen LogP contribution in [0.3, 0.4) is 0 Å². The first-order chi connectivity index (χ1) is 12.9. The molecule has 2 fully saturated rings. The monoisotopic (exact) mass is 392 g/mol. The number of imide groups is 1. The second-order valence-corrected chi connectivity index (χ2v) is 8.19. The first kappa shape index (κ1) is 19.5. The molecule has 2 aliphatic rings. The summed E-state index contributed by atoms with van der Waals surface area (Å²) in [5.74, 6) is -0.605. The summed E-state index contributed by atoms with van der Waals surface area (Å²) in [5, 5.41) is 6.66. The average Bonchev–Trinajstić information content (AvgIpc) is 3.26. The second-order valence-electron chi connectivity index (χ2n) is 7.12. The molecule has 4 amide bonds. The highest BCUT2D eigenvalue weighted by atomic mass is 32.1. The molecular formula is C18H24N4O4S. The molecule has 1 aromatic heterocycles. The van der Waals surface area contributed by atoms with Crippen LogP contribution in [0.15, 0.2) is 6.20 Å². The standard InChI is InChI=1S/C18H24N4O4S/c1-10(21-16(25)11(2)22-14(23)5-6-15(22)24)7-8-19-17(26)13-9-20-18(27-13)12-3-4-12/h9-12H,3-8H2,1-2H3,(H,19,26)(H,21,25)/t10-,11?/m0/s1. The largest absolute Gasteiger partial charge is 0.352 e. The van der Waals surface area contributed by atoms with E-state index in [0.717, 1.165) is 22.7 Å². The van der Waals surface area contributed by atoms with Crippen LogP contribution in [0.1, 0.15) is 66.5 Å². The van der Waals surface area contributed by atoms with Gasteiger partial charge in [-0.25, -0.2) is 4.98 Å². The first-order valence-corrected chi connectivity index (χ1v) is 10.1. The van der Waals surface area contributed by atoms with Crippen molar-refractivity contribution >= 4 is 35.0 Å². The third kappa shape index (κ3) is 4.71. The SMILES string of the molecule is CC(C(=O)N[C@@H](C)CCNC(=O)c1cnc(C2CC2)s1)N1C(=O)CCC1=O. The van der Waals surface area contributed by atoms with Gasteiger partial charge >= 0.3 is 0 Å². The van der Waals surface area contributed by atoms with Crippen molar-refractivity contribution in [3.05, 3.63) is 16.1 Å². The van der Waals surface area contributed by atoms with E-state index in [1.54, 1.807) is 13.1 Å². The maximum atomic E-state index is 12.3. The van der Waals surface area contributed by atoms with Gasteiger partial charge in [0.2, 0.25) is 17.7 Å². The number of rotatable bonds is 8. The molecule has 2 N–H and O–H groups in total. The van der Waals surface area contributed by atoms with Crippen molar-refractivity contribution in [3.63, 3.8) is 0 Å². The summed E-state index contributed by atoms with van der Waals surface area (Å²) < 4.78 is 0. The van der Waals surface area contributed by atoms with Crippen molar-refractivity contribution in [2.75, 3.05) is 6.54 Å². The highest BCUT2D eigenvalue weighted by molar-refractivity contribution is 7.13. The van der Waals surface area contributed by atoms with Gasteiger partial charge in [0.05, 0.1) is 11.2 Å². The van der Waals surface area contributed by atoms with E-state index >= 15 is 0 Å². The van der Waals surface area contributed by atoms with Crippen LogP contribution >= 0.6 is 11.3 Å². The molecular weight excluding hydrogens is 368 g/mol. The summed E-state index contributed by atoms with van der Waals surface area (Å²) in [6.45, 7) is 3.78. The van der Waals surface area contributed by atoms with Gasteiger partial charge in [0.25, 0.3) is 5.91 Å². The van der Waals surface area contributed by atoms with Gasteiger partial charge in [0.15, 0.2) is 0 Å². The Balaban J connectivity index is 1.40. The quantitative estimate of drug-likeness (QED) is 0.646. The summed E-state index contributed by atoms with van der Waals surface area (Å²) in [7, 11) is 0. The Labute approximate surface area is 161 Å². The van der Waals surface area contributed by atoms with Crippen LogP contribution in [0.25, 0.3) is 0 Å². The molecule has 8 nitrogen and oxygen atoms in total. The van der Waals surface area contributed by atoms with Crippen molar-refractivity contribution in [1.82, 2.24) is 20.5 Å². The van der Waals surface area contributed by atoms with Crippen molar-refractivity contribution in [3.8, 4) is 0 Å². The Morgan fingerprint density at radius 3 is 2.56 bits per heavy atom. The molecule has 146 valence electrons. The molecule has 27 heavy (non-hydrogen) atoms. The molecule has 1 aliphatic heterocycles. The molecule has 1 unspecified atom stereocenters. The Hall–Kier alpha value is -2.29. The van der Waals surface area contributed by atoms with Gasteiger partial charge in [-0.3, -0.25) is 24.1 Å². The summed E-state index contributed by atoms with van der Waals surface area (Å²) in [4.78, 5) is 53.8. The lowest BCUT2D eigenvalue weighted by molar-refractivity contribution is -0.146. The fraction of sp³-hybridized carbons (Fsp3) is 0.611. The van der Waals surface area contributed by atoms with Gasteiger partial charge in [0, 0.05) is 31.3 Å². The van der Waals surface area contributed by atoms with Gasteiger partial charge < -0.3 is 10.6 Å². The third-order valence-electron chi connectivity index (χ3n) is 4.78. The fourth-order valence-electron chi connectivity index (χ4n) is 2.98. The van der Waals surface area contributed by atoms with Gasteiger partial charge in [-0.1, -0.05) is 0 Å². The van der Waals surface area contributed by atoms with Crippen LogP contribution < -0.4 is 10.6 Å². The zero-order valence-corrected chi connectivity index (χ0v) is 16.3. The molecule has 2 heterocycles. The number of aromatic nitrogens is 1. The Bertz CT molecular complexity index is 742. The van der Waals surface area contributed by atoms with Crippen LogP contribution in [0.4, 0.5) is 0 Å². The maximum Gasteiger partial charge on any atom is 0.263 e. The number of carbonyl (C=O) groups excluding carboxylic acids is 4. The smallest absolute Gasteiger partial charge is 0.263 e. The van der Waals surface area contributed by atoms with Crippen LogP contribution in [-0.2, 0) is 14.4 Å². The minimum absolute atomic E-state index is 0.153.